The highest BCUT2D eigenvalue weighted by Crippen LogP contribution is 2.28. The quantitative estimate of drug-likeness (QED) is 0.291. The third-order valence-corrected chi connectivity index (χ3v) is 6.23. The number of rotatable bonds is 8. The first kappa shape index (κ1) is 24.1. The maximum Gasteiger partial charge on any atom is 0.332 e. The van der Waals surface area contributed by atoms with Crippen molar-refractivity contribution in [1.82, 2.24) is 28.9 Å². The van der Waals surface area contributed by atoms with Crippen LogP contribution in [-0.4, -0.2) is 40.4 Å². The van der Waals surface area contributed by atoms with Crippen molar-refractivity contribution in [2.45, 2.75) is 25.0 Å². The fraction of sp³-hybridized carbons (Fsp3) is 0.217. The number of carbonyl (C=O) groups is 1. The molecule has 0 aliphatic heterocycles. The van der Waals surface area contributed by atoms with Crippen LogP contribution in [0.2, 0.25) is 0 Å². The molecule has 3 aromatic heterocycles. The zero-order valence-corrected chi connectivity index (χ0v) is 19.8. The Kier molecular flexibility index (Phi) is 6.92. The Hall–Kier alpha value is -4.06. The molecular formula is C23H22FN7O3S. The molecule has 0 saturated heterocycles. The van der Waals surface area contributed by atoms with Gasteiger partial charge in [0, 0.05) is 37.2 Å². The first-order chi connectivity index (χ1) is 16.8. The van der Waals surface area contributed by atoms with E-state index in [9.17, 15) is 18.8 Å². The zero-order chi connectivity index (χ0) is 25.1. The van der Waals surface area contributed by atoms with Crippen LogP contribution in [0, 0.1) is 5.82 Å². The van der Waals surface area contributed by atoms with Crippen molar-refractivity contribution in [3.63, 3.8) is 0 Å². The predicted molar refractivity (Wildman–Crippen MR) is 130 cm³/mol. The van der Waals surface area contributed by atoms with Gasteiger partial charge in [-0.3, -0.25) is 28.3 Å². The van der Waals surface area contributed by atoms with Crippen molar-refractivity contribution in [2.24, 2.45) is 7.05 Å². The van der Waals surface area contributed by atoms with Crippen LogP contribution in [0.5, 0.6) is 0 Å². The highest BCUT2D eigenvalue weighted by Gasteiger charge is 2.23. The lowest BCUT2D eigenvalue weighted by Gasteiger charge is -2.14. The van der Waals surface area contributed by atoms with E-state index in [-0.39, 0.29) is 23.7 Å². The minimum atomic E-state index is -0.747. The maximum atomic E-state index is 13.6. The van der Waals surface area contributed by atoms with Gasteiger partial charge >= 0.3 is 5.69 Å². The molecule has 0 bridgehead atoms. The number of nitrogens with two attached hydrogens (primary N) is 1. The Bertz CT molecular complexity index is 1490. The smallest absolute Gasteiger partial charge is 0.332 e. The minimum Gasteiger partial charge on any atom is -0.384 e. The fourth-order valence-corrected chi connectivity index (χ4v) is 4.39. The van der Waals surface area contributed by atoms with E-state index >= 15 is 0 Å². The van der Waals surface area contributed by atoms with Gasteiger partial charge in [0.15, 0.2) is 16.8 Å². The second-order valence-electron chi connectivity index (χ2n) is 7.62. The van der Waals surface area contributed by atoms with Gasteiger partial charge < -0.3 is 5.73 Å². The van der Waals surface area contributed by atoms with Crippen molar-refractivity contribution < 1.29 is 9.18 Å². The average molecular weight is 496 g/mol. The van der Waals surface area contributed by atoms with E-state index in [1.807, 2.05) is 6.92 Å². The standard InChI is InChI=1S/C23H22FN7O3S/c1-3-12-30-19(25)18(21(33)29(2)23(30)34)17(32)13-35-22-28-27-20(14-8-10-26-11-9-14)31(22)16-6-4-15(24)5-7-16/h4-11H,3,12-13,25H2,1-2H3. The van der Waals surface area contributed by atoms with Crippen LogP contribution in [0.15, 0.2) is 63.5 Å². The van der Waals surface area contributed by atoms with Crippen LogP contribution < -0.4 is 17.0 Å². The van der Waals surface area contributed by atoms with Crippen molar-refractivity contribution in [2.75, 3.05) is 11.5 Å². The number of carbonyl (C=O) groups excluding carboxylic acids is 1. The summed E-state index contributed by atoms with van der Waals surface area (Å²) in [5.41, 5.74) is 5.82. The molecule has 4 aromatic rings. The summed E-state index contributed by atoms with van der Waals surface area (Å²) >= 11 is 1.05. The van der Waals surface area contributed by atoms with E-state index in [0.717, 1.165) is 21.9 Å². The van der Waals surface area contributed by atoms with E-state index in [2.05, 4.69) is 15.2 Å². The van der Waals surface area contributed by atoms with E-state index in [0.29, 0.717) is 23.1 Å². The van der Waals surface area contributed by atoms with E-state index in [1.54, 1.807) is 41.2 Å². The number of thioether (sulfide) groups is 1. The van der Waals surface area contributed by atoms with Gasteiger partial charge in [0.05, 0.1) is 5.75 Å². The number of pyridine rings is 1. The Morgan fingerprint density at radius 2 is 1.77 bits per heavy atom. The Labute approximate surface area is 203 Å². The van der Waals surface area contributed by atoms with Gasteiger partial charge in [0.1, 0.15) is 17.2 Å². The lowest BCUT2D eigenvalue weighted by Crippen LogP contribution is -2.42. The fourth-order valence-electron chi connectivity index (χ4n) is 3.56. The molecular weight excluding hydrogens is 473 g/mol. The van der Waals surface area contributed by atoms with Gasteiger partial charge in [0.25, 0.3) is 5.56 Å². The monoisotopic (exact) mass is 495 g/mol. The number of anilines is 1. The number of hydrogen-bond acceptors (Lipinski definition) is 8. The third-order valence-electron chi connectivity index (χ3n) is 5.30. The lowest BCUT2D eigenvalue weighted by atomic mass is 10.2. The Morgan fingerprint density at radius 3 is 2.43 bits per heavy atom. The van der Waals surface area contributed by atoms with Crippen LogP contribution in [0.25, 0.3) is 17.1 Å². The third kappa shape index (κ3) is 4.64. The number of Topliss-reactive ketones (excluding diaryl/α,β-unsaturated/α-hetero) is 1. The predicted octanol–water partition coefficient (Wildman–Crippen LogP) is 2.30. The first-order valence-corrected chi connectivity index (χ1v) is 11.7. The molecule has 0 radical (unpaired) electrons. The topological polar surface area (TPSA) is 131 Å². The van der Waals surface area contributed by atoms with Crippen molar-refractivity contribution in [3.05, 3.63) is 81.0 Å². The van der Waals surface area contributed by atoms with Crippen LogP contribution in [-0.2, 0) is 13.6 Å². The number of nitrogens with zero attached hydrogens (tertiary/aromatic N) is 6. The van der Waals surface area contributed by atoms with Crippen molar-refractivity contribution >= 4 is 23.4 Å². The van der Waals surface area contributed by atoms with Gasteiger partial charge in [-0.15, -0.1) is 10.2 Å². The summed E-state index contributed by atoms with van der Waals surface area (Å²) in [4.78, 5) is 42.2. The maximum absolute atomic E-state index is 13.6. The van der Waals surface area contributed by atoms with Crippen LogP contribution in [0.3, 0.4) is 0 Å². The number of aromatic nitrogens is 6. The molecule has 0 saturated carbocycles. The highest BCUT2D eigenvalue weighted by molar-refractivity contribution is 7.99. The highest BCUT2D eigenvalue weighted by atomic mass is 32.2. The molecule has 0 atom stereocenters. The normalized spacial score (nSPS) is 11.1. The number of benzene rings is 1. The first-order valence-electron chi connectivity index (χ1n) is 10.7. The second kappa shape index (κ2) is 10.1. The van der Waals surface area contributed by atoms with Crippen LogP contribution >= 0.6 is 11.8 Å². The molecule has 0 aliphatic rings. The summed E-state index contributed by atoms with van der Waals surface area (Å²) in [6.45, 7) is 2.14. The summed E-state index contributed by atoms with van der Waals surface area (Å²) in [5, 5.41) is 8.83. The van der Waals surface area contributed by atoms with Crippen molar-refractivity contribution in [3.8, 4) is 17.1 Å². The van der Waals surface area contributed by atoms with Crippen LogP contribution in [0.4, 0.5) is 10.2 Å². The summed E-state index contributed by atoms with van der Waals surface area (Å²) in [7, 11) is 1.31. The molecule has 35 heavy (non-hydrogen) atoms. The Balaban J connectivity index is 1.72. The van der Waals surface area contributed by atoms with Crippen molar-refractivity contribution in [1.29, 1.82) is 0 Å². The average Bonchev–Trinajstić information content (AvgIpc) is 3.29. The largest absolute Gasteiger partial charge is 0.384 e. The lowest BCUT2D eigenvalue weighted by molar-refractivity contribution is 0.102. The second-order valence-corrected chi connectivity index (χ2v) is 8.57. The number of halogens is 1. The van der Waals surface area contributed by atoms with E-state index in [1.165, 1.54) is 23.7 Å². The molecule has 12 heteroatoms. The van der Waals surface area contributed by atoms with Gasteiger partial charge in [-0.2, -0.15) is 0 Å². The molecule has 0 aliphatic carbocycles. The molecule has 0 unspecified atom stereocenters. The molecule has 0 amide bonds. The molecule has 1 aromatic carbocycles. The molecule has 0 spiro atoms. The zero-order valence-electron chi connectivity index (χ0n) is 19.0. The molecule has 10 nitrogen and oxygen atoms in total. The van der Waals surface area contributed by atoms with Crippen LogP contribution in [0.1, 0.15) is 23.7 Å². The van der Waals surface area contributed by atoms with Gasteiger partial charge in [-0.05, 0) is 42.8 Å². The molecule has 4 rings (SSSR count). The molecule has 180 valence electrons. The SMILES string of the molecule is CCCn1c(N)c(C(=O)CSc2nnc(-c3ccncc3)n2-c2ccc(F)cc2)c(=O)n(C)c1=O. The number of ketones is 1. The summed E-state index contributed by atoms with van der Waals surface area (Å²) < 4.78 is 17.3. The summed E-state index contributed by atoms with van der Waals surface area (Å²) in [6, 6.07) is 9.28. The Morgan fingerprint density at radius 1 is 1.09 bits per heavy atom. The molecule has 2 N–H and O–H groups in total. The summed E-state index contributed by atoms with van der Waals surface area (Å²) in [5.74, 6) is -0.800. The van der Waals surface area contributed by atoms with Gasteiger partial charge in [-0.1, -0.05) is 18.7 Å². The van der Waals surface area contributed by atoms with E-state index in [4.69, 9.17) is 5.73 Å². The molecule has 0 fully saturated rings. The van der Waals surface area contributed by atoms with E-state index < -0.39 is 22.8 Å². The molecule has 3 heterocycles. The summed E-state index contributed by atoms with van der Waals surface area (Å²) in [6.07, 6.45) is 3.82. The minimum absolute atomic E-state index is 0.150. The van der Waals surface area contributed by atoms with Gasteiger partial charge in [-0.25, -0.2) is 9.18 Å². The van der Waals surface area contributed by atoms with Gasteiger partial charge in [0.2, 0.25) is 0 Å². The number of hydrogen-bond donors (Lipinski definition) is 1. The number of nitrogen functional groups attached to an aromatic ring is 1.